The Labute approximate surface area is 213 Å². The van der Waals surface area contributed by atoms with Crippen molar-refractivity contribution in [1.82, 2.24) is 14.8 Å². The van der Waals surface area contributed by atoms with Gasteiger partial charge in [-0.05, 0) is 68.3 Å². The molecule has 0 saturated carbocycles. The molecule has 1 N–H and O–H groups in total. The predicted octanol–water partition coefficient (Wildman–Crippen LogP) is 6.87. The quantitative estimate of drug-likeness (QED) is 0.263. The van der Waals surface area contributed by atoms with Crippen molar-refractivity contribution >= 4 is 46.7 Å². The van der Waals surface area contributed by atoms with Crippen LogP contribution in [0.2, 0.25) is 5.02 Å². The summed E-state index contributed by atoms with van der Waals surface area (Å²) in [6, 6.07) is 22.1. The fraction of sp³-hybridized carbons (Fsp3) is 0.192. The summed E-state index contributed by atoms with van der Waals surface area (Å²) >= 11 is 9.25. The van der Waals surface area contributed by atoms with Crippen LogP contribution < -0.4 is 5.32 Å². The number of aryl methyl sites for hydroxylation is 2. The number of hydrogen-bond acceptors (Lipinski definition) is 5. The second-order valence-electron chi connectivity index (χ2n) is 7.92. The highest BCUT2D eigenvalue weighted by molar-refractivity contribution is 7.99. The fourth-order valence-electron chi connectivity index (χ4n) is 3.36. The topological polar surface area (TPSA) is 59.8 Å². The fourth-order valence-corrected chi connectivity index (χ4v) is 5.11. The number of nitrogens with one attached hydrogen (secondary N) is 1. The van der Waals surface area contributed by atoms with E-state index < -0.39 is 0 Å². The number of carbonyl (C=O) groups is 1. The number of rotatable bonds is 8. The molecule has 34 heavy (non-hydrogen) atoms. The van der Waals surface area contributed by atoms with Crippen LogP contribution in [0.15, 0.2) is 76.8 Å². The largest absolute Gasteiger partial charge is 0.325 e. The lowest BCUT2D eigenvalue weighted by atomic mass is 10.2. The highest BCUT2D eigenvalue weighted by atomic mass is 35.5. The molecule has 0 saturated heterocycles. The molecule has 0 spiro atoms. The summed E-state index contributed by atoms with van der Waals surface area (Å²) in [5.41, 5.74) is 4.93. The molecule has 0 fully saturated rings. The van der Waals surface area contributed by atoms with Crippen LogP contribution >= 0.6 is 35.1 Å². The summed E-state index contributed by atoms with van der Waals surface area (Å²) in [5.74, 6) is 1.59. The van der Waals surface area contributed by atoms with Crippen LogP contribution in [0.3, 0.4) is 0 Å². The van der Waals surface area contributed by atoms with Gasteiger partial charge in [0.15, 0.2) is 5.16 Å². The van der Waals surface area contributed by atoms with Crippen LogP contribution in [0.5, 0.6) is 0 Å². The molecule has 3 aromatic carbocycles. The van der Waals surface area contributed by atoms with Crippen molar-refractivity contribution < 1.29 is 4.79 Å². The molecule has 0 atom stereocenters. The summed E-state index contributed by atoms with van der Waals surface area (Å²) in [6.07, 6.45) is 0. The van der Waals surface area contributed by atoms with Gasteiger partial charge in [0.05, 0.1) is 11.5 Å². The monoisotopic (exact) mass is 508 g/mol. The second kappa shape index (κ2) is 11.1. The average Bonchev–Trinajstić information content (AvgIpc) is 3.23. The first kappa shape index (κ1) is 24.4. The molecule has 4 rings (SSSR count). The molecule has 0 aliphatic heterocycles. The molecular weight excluding hydrogens is 484 g/mol. The molecule has 0 aliphatic carbocycles. The van der Waals surface area contributed by atoms with E-state index in [0.717, 1.165) is 22.6 Å². The number of thioether (sulfide) groups is 2. The Morgan fingerprint density at radius 2 is 1.71 bits per heavy atom. The molecular formula is C26H25ClN4OS2. The van der Waals surface area contributed by atoms with E-state index in [4.69, 9.17) is 11.6 Å². The molecule has 0 aliphatic rings. The normalized spacial score (nSPS) is 10.9. The van der Waals surface area contributed by atoms with Gasteiger partial charge in [-0.15, -0.1) is 22.0 Å². The number of aromatic nitrogens is 3. The van der Waals surface area contributed by atoms with Crippen molar-refractivity contribution in [3.63, 3.8) is 0 Å². The molecule has 8 heteroatoms. The van der Waals surface area contributed by atoms with E-state index in [-0.39, 0.29) is 11.7 Å². The molecule has 0 unspecified atom stereocenters. The summed E-state index contributed by atoms with van der Waals surface area (Å²) in [7, 11) is 0. The van der Waals surface area contributed by atoms with E-state index in [1.807, 2.05) is 41.8 Å². The number of nitrogens with zero attached hydrogens (tertiary/aromatic N) is 3. The van der Waals surface area contributed by atoms with Crippen LogP contribution in [0.1, 0.15) is 22.5 Å². The zero-order valence-corrected chi connectivity index (χ0v) is 21.6. The summed E-state index contributed by atoms with van der Waals surface area (Å²) in [5, 5.41) is 13.1. The van der Waals surface area contributed by atoms with Crippen molar-refractivity contribution in [2.24, 2.45) is 0 Å². The highest BCUT2D eigenvalue weighted by Crippen LogP contribution is 2.28. The first-order valence-electron chi connectivity index (χ1n) is 10.8. The number of amides is 1. The van der Waals surface area contributed by atoms with Crippen molar-refractivity contribution in [3.05, 3.63) is 94.3 Å². The third kappa shape index (κ3) is 6.03. The van der Waals surface area contributed by atoms with E-state index in [1.54, 1.807) is 11.8 Å². The minimum absolute atomic E-state index is 0.121. The molecule has 0 radical (unpaired) electrons. The van der Waals surface area contributed by atoms with Gasteiger partial charge in [-0.25, -0.2) is 0 Å². The highest BCUT2D eigenvalue weighted by Gasteiger charge is 2.17. The molecule has 1 amide bonds. The van der Waals surface area contributed by atoms with Crippen molar-refractivity contribution in [2.45, 2.75) is 36.6 Å². The van der Waals surface area contributed by atoms with E-state index >= 15 is 0 Å². The number of anilines is 1. The predicted molar refractivity (Wildman–Crippen MR) is 142 cm³/mol. The van der Waals surface area contributed by atoms with Gasteiger partial charge in [-0.1, -0.05) is 59.3 Å². The van der Waals surface area contributed by atoms with Crippen LogP contribution in [-0.2, 0) is 10.5 Å². The maximum Gasteiger partial charge on any atom is 0.234 e. The van der Waals surface area contributed by atoms with Gasteiger partial charge in [-0.3, -0.25) is 9.36 Å². The van der Waals surface area contributed by atoms with Gasteiger partial charge in [-0.2, -0.15) is 0 Å². The molecule has 0 bridgehead atoms. The number of hydrogen-bond donors (Lipinski definition) is 1. The maximum atomic E-state index is 12.7. The lowest BCUT2D eigenvalue weighted by molar-refractivity contribution is -0.113. The first-order valence-corrected chi connectivity index (χ1v) is 13.1. The van der Waals surface area contributed by atoms with Gasteiger partial charge in [0.2, 0.25) is 5.91 Å². The summed E-state index contributed by atoms with van der Waals surface area (Å²) < 4.78 is 2.04. The van der Waals surface area contributed by atoms with Crippen molar-refractivity contribution in [3.8, 4) is 5.69 Å². The standard InChI is InChI=1S/C26H25ClN4OS2/c1-17-10-12-21(13-11-17)33-15-24-29-30-26(31(24)20-7-4-6-18(2)14-20)34-16-25(32)28-23-9-5-8-22(27)19(23)3/h4-14H,15-16H2,1-3H3,(H,28,32). The smallest absolute Gasteiger partial charge is 0.234 e. The Balaban J connectivity index is 1.52. The van der Waals surface area contributed by atoms with Crippen molar-refractivity contribution in [2.75, 3.05) is 11.1 Å². The second-order valence-corrected chi connectivity index (χ2v) is 10.3. The van der Waals surface area contributed by atoms with Crippen LogP contribution in [0.4, 0.5) is 5.69 Å². The SMILES string of the molecule is Cc1ccc(SCc2nnc(SCC(=O)Nc3cccc(Cl)c3C)n2-c2cccc(C)c2)cc1. The minimum atomic E-state index is -0.121. The number of carbonyl (C=O) groups excluding carboxylic acids is 1. The van der Waals surface area contributed by atoms with Gasteiger partial charge >= 0.3 is 0 Å². The first-order chi connectivity index (χ1) is 16.4. The summed E-state index contributed by atoms with van der Waals surface area (Å²) in [4.78, 5) is 13.8. The molecule has 174 valence electrons. The van der Waals surface area contributed by atoms with Gasteiger partial charge in [0.25, 0.3) is 0 Å². The number of halogens is 1. The number of benzene rings is 3. The Hall–Kier alpha value is -2.74. The lowest BCUT2D eigenvalue weighted by Crippen LogP contribution is -2.15. The van der Waals surface area contributed by atoms with Gasteiger partial charge in [0, 0.05) is 21.3 Å². The third-order valence-corrected chi connectivity index (χ3v) is 7.57. The van der Waals surface area contributed by atoms with Crippen molar-refractivity contribution in [1.29, 1.82) is 0 Å². The van der Waals surface area contributed by atoms with E-state index in [9.17, 15) is 4.79 Å². The Morgan fingerprint density at radius 3 is 2.47 bits per heavy atom. The zero-order chi connectivity index (χ0) is 24.1. The molecule has 4 aromatic rings. The minimum Gasteiger partial charge on any atom is -0.325 e. The Kier molecular flexibility index (Phi) is 7.98. The molecule has 1 aromatic heterocycles. The van der Waals surface area contributed by atoms with E-state index in [0.29, 0.717) is 21.6 Å². The summed E-state index contributed by atoms with van der Waals surface area (Å²) in [6.45, 7) is 6.02. The zero-order valence-electron chi connectivity index (χ0n) is 19.2. The average molecular weight is 509 g/mol. The van der Waals surface area contributed by atoms with Gasteiger partial charge in [0.1, 0.15) is 5.82 Å². The van der Waals surface area contributed by atoms with E-state index in [1.165, 1.54) is 22.2 Å². The van der Waals surface area contributed by atoms with Crippen LogP contribution in [0, 0.1) is 20.8 Å². The van der Waals surface area contributed by atoms with Crippen LogP contribution in [-0.4, -0.2) is 26.4 Å². The van der Waals surface area contributed by atoms with E-state index in [2.05, 4.69) is 65.8 Å². The Morgan fingerprint density at radius 1 is 0.941 bits per heavy atom. The lowest BCUT2D eigenvalue weighted by Gasteiger charge is -2.12. The molecule has 5 nitrogen and oxygen atoms in total. The third-order valence-electron chi connectivity index (χ3n) is 5.22. The Bertz CT molecular complexity index is 1300. The maximum absolute atomic E-state index is 12.7. The van der Waals surface area contributed by atoms with Gasteiger partial charge < -0.3 is 5.32 Å². The molecule has 1 heterocycles. The van der Waals surface area contributed by atoms with Crippen LogP contribution in [0.25, 0.3) is 5.69 Å².